The van der Waals surface area contributed by atoms with E-state index < -0.39 is 5.82 Å². The molecule has 2 fully saturated rings. The Morgan fingerprint density at radius 1 is 1.00 bits per heavy atom. The number of benzene rings is 2. The maximum absolute atomic E-state index is 14.1. The maximum atomic E-state index is 14.1. The van der Waals surface area contributed by atoms with Crippen molar-refractivity contribution in [3.8, 4) is 0 Å². The lowest BCUT2D eigenvalue weighted by Crippen LogP contribution is -2.36. The molecule has 2 aromatic rings. The summed E-state index contributed by atoms with van der Waals surface area (Å²) in [6.07, 6.45) is 0.600. The molecule has 0 bridgehead atoms. The minimum Gasteiger partial charge on any atom is -0.378 e. The Kier molecular flexibility index (Phi) is 6.35. The van der Waals surface area contributed by atoms with Crippen LogP contribution in [0.25, 0.3) is 0 Å². The average Bonchev–Trinajstić information content (AvgIpc) is 3.02. The largest absolute Gasteiger partial charge is 0.378 e. The summed E-state index contributed by atoms with van der Waals surface area (Å²) in [5.41, 5.74) is 2.14. The molecule has 0 radical (unpaired) electrons. The van der Waals surface area contributed by atoms with E-state index in [1.807, 2.05) is 29.2 Å². The summed E-state index contributed by atoms with van der Waals surface area (Å²) in [5.74, 6) is -0.139. The zero-order valence-electron chi connectivity index (χ0n) is 16.2. The van der Waals surface area contributed by atoms with Gasteiger partial charge in [0.25, 0.3) is 5.91 Å². The molecule has 4 rings (SSSR count). The maximum Gasteiger partial charge on any atom is 0.253 e. The topological polar surface area (TPSA) is 32.8 Å². The van der Waals surface area contributed by atoms with Crippen LogP contribution in [-0.4, -0.2) is 56.0 Å². The number of anilines is 1. The van der Waals surface area contributed by atoms with Crippen LogP contribution >= 0.6 is 11.8 Å². The van der Waals surface area contributed by atoms with E-state index in [4.69, 9.17) is 4.74 Å². The Hall–Kier alpha value is -2.12. The van der Waals surface area contributed by atoms with Crippen molar-refractivity contribution in [2.75, 3.05) is 50.0 Å². The highest BCUT2D eigenvalue weighted by Gasteiger charge is 2.25. The zero-order valence-corrected chi connectivity index (χ0v) is 17.0. The molecule has 154 valence electrons. The number of thioether (sulfide) groups is 1. The van der Waals surface area contributed by atoms with E-state index in [1.165, 1.54) is 12.1 Å². The van der Waals surface area contributed by atoms with E-state index in [2.05, 4.69) is 4.90 Å². The second-order valence-corrected chi connectivity index (χ2v) is 8.56. The number of nitrogens with zero attached hydrogens (tertiary/aromatic N) is 2. The van der Waals surface area contributed by atoms with Crippen molar-refractivity contribution in [2.45, 2.75) is 11.7 Å². The van der Waals surface area contributed by atoms with Crippen molar-refractivity contribution < 1.29 is 18.3 Å². The minimum absolute atomic E-state index is 0.0144. The lowest BCUT2D eigenvalue weighted by atomic mass is 10.1. The first-order chi connectivity index (χ1) is 14.1. The highest BCUT2D eigenvalue weighted by Crippen LogP contribution is 2.36. The van der Waals surface area contributed by atoms with Crippen molar-refractivity contribution in [2.24, 2.45) is 0 Å². The molecule has 2 aromatic carbocycles. The number of hydrogen-bond acceptors (Lipinski definition) is 4. The number of morpholine rings is 1. The van der Waals surface area contributed by atoms with E-state index in [1.54, 1.807) is 11.8 Å². The van der Waals surface area contributed by atoms with E-state index in [0.29, 0.717) is 36.4 Å². The fourth-order valence-corrected chi connectivity index (χ4v) is 5.04. The molecule has 0 saturated carbocycles. The predicted octanol–water partition coefficient (Wildman–Crippen LogP) is 4.12. The molecule has 4 nitrogen and oxygen atoms in total. The van der Waals surface area contributed by atoms with Gasteiger partial charge in [0.1, 0.15) is 11.6 Å². The van der Waals surface area contributed by atoms with Gasteiger partial charge >= 0.3 is 0 Å². The molecule has 1 amide bonds. The van der Waals surface area contributed by atoms with Gasteiger partial charge in [0.15, 0.2) is 0 Å². The Balaban J connectivity index is 1.41. The Morgan fingerprint density at radius 2 is 1.76 bits per heavy atom. The lowest BCUT2D eigenvalue weighted by molar-refractivity contribution is 0.0766. The van der Waals surface area contributed by atoms with Crippen LogP contribution in [0.1, 0.15) is 27.6 Å². The number of carbonyl (C=O) groups excluding carboxylic acids is 1. The first-order valence-corrected chi connectivity index (χ1v) is 11.0. The predicted molar refractivity (Wildman–Crippen MR) is 112 cm³/mol. The van der Waals surface area contributed by atoms with E-state index in [-0.39, 0.29) is 17.0 Å². The van der Waals surface area contributed by atoms with E-state index in [0.717, 1.165) is 38.1 Å². The van der Waals surface area contributed by atoms with Gasteiger partial charge in [0, 0.05) is 54.0 Å². The molecule has 1 atom stereocenters. The highest BCUT2D eigenvalue weighted by atomic mass is 32.2. The third-order valence-electron chi connectivity index (χ3n) is 5.42. The molecule has 0 aromatic heterocycles. The van der Waals surface area contributed by atoms with E-state index in [9.17, 15) is 13.6 Å². The second kappa shape index (κ2) is 9.13. The second-order valence-electron chi connectivity index (χ2n) is 7.25. The van der Waals surface area contributed by atoms with Crippen LogP contribution in [0, 0.1) is 11.6 Å². The summed E-state index contributed by atoms with van der Waals surface area (Å²) >= 11 is 1.58. The zero-order chi connectivity index (χ0) is 20.2. The van der Waals surface area contributed by atoms with Gasteiger partial charge in [-0.25, -0.2) is 8.78 Å². The summed E-state index contributed by atoms with van der Waals surface area (Å²) < 4.78 is 33.1. The van der Waals surface area contributed by atoms with Gasteiger partial charge in [-0.2, -0.15) is 11.8 Å². The first kappa shape index (κ1) is 20.2. The summed E-state index contributed by atoms with van der Waals surface area (Å²) in [7, 11) is 0. The molecule has 0 spiro atoms. The van der Waals surface area contributed by atoms with Crippen molar-refractivity contribution in [3.05, 3.63) is 65.2 Å². The lowest BCUT2D eigenvalue weighted by Gasteiger charge is -2.29. The van der Waals surface area contributed by atoms with Crippen LogP contribution < -0.4 is 4.90 Å². The van der Waals surface area contributed by atoms with Gasteiger partial charge in [-0.05, 0) is 48.9 Å². The average molecular weight is 419 g/mol. The molecule has 2 aliphatic heterocycles. The standard InChI is InChI=1S/C22H24F2N2O2S/c23-17-3-6-20(24)19(15-17)21-7-8-26(11-14-29-21)22(27)16-1-4-18(5-2-16)25-9-12-28-13-10-25/h1-6,15,21H,7-14H2/t21-/m0/s1. The summed E-state index contributed by atoms with van der Waals surface area (Å²) in [5, 5.41) is -0.146. The Labute approximate surface area is 173 Å². The third-order valence-corrected chi connectivity index (χ3v) is 6.73. The van der Waals surface area contributed by atoms with Gasteiger partial charge in [-0.15, -0.1) is 0 Å². The first-order valence-electron chi connectivity index (χ1n) is 9.90. The van der Waals surface area contributed by atoms with Crippen molar-refractivity contribution in [1.82, 2.24) is 4.90 Å². The van der Waals surface area contributed by atoms with Gasteiger partial charge in [0.05, 0.1) is 13.2 Å². The molecular weight excluding hydrogens is 394 g/mol. The number of halogens is 2. The normalized spacial score (nSPS) is 20.4. The molecule has 2 saturated heterocycles. The van der Waals surface area contributed by atoms with E-state index >= 15 is 0 Å². The number of hydrogen-bond donors (Lipinski definition) is 0. The molecule has 0 N–H and O–H groups in total. The van der Waals surface area contributed by atoms with Gasteiger partial charge in [-0.1, -0.05) is 0 Å². The van der Waals surface area contributed by atoms with Crippen LogP contribution in [0.2, 0.25) is 0 Å². The van der Waals surface area contributed by atoms with Crippen LogP contribution in [0.4, 0.5) is 14.5 Å². The van der Waals surface area contributed by atoms with Crippen LogP contribution in [0.5, 0.6) is 0 Å². The molecule has 2 aliphatic rings. The molecule has 0 aliphatic carbocycles. The van der Waals surface area contributed by atoms with Crippen molar-refractivity contribution in [1.29, 1.82) is 0 Å². The summed E-state index contributed by atoms with van der Waals surface area (Å²) in [4.78, 5) is 17.0. The molecular formula is C22H24F2N2O2S. The number of amides is 1. The Morgan fingerprint density at radius 3 is 2.52 bits per heavy atom. The van der Waals surface area contributed by atoms with Crippen LogP contribution in [0.3, 0.4) is 0 Å². The number of ether oxygens (including phenoxy) is 1. The monoisotopic (exact) mass is 418 g/mol. The number of carbonyl (C=O) groups is 1. The van der Waals surface area contributed by atoms with Gasteiger partial charge in [-0.3, -0.25) is 4.79 Å². The SMILES string of the molecule is O=C(c1ccc(N2CCOCC2)cc1)N1CCS[C@H](c2cc(F)ccc2F)CC1. The fraction of sp³-hybridized carbons (Fsp3) is 0.409. The molecule has 0 unspecified atom stereocenters. The molecule has 7 heteroatoms. The third kappa shape index (κ3) is 4.73. The highest BCUT2D eigenvalue weighted by molar-refractivity contribution is 7.99. The van der Waals surface area contributed by atoms with Crippen molar-refractivity contribution >= 4 is 23.4 Å². The smallest absolute Gasteiger partial charge is 0.253 e. The fourth-order valence-electron chi connectivity index (χ4n) is 3.80. The van der Waals surface area contributed by atoms with Crippen molar-refractivity contribution in [3.63, 3.8) is 0 Å². The summed E-state index contributed by atoms with van der Waals surface area (Å²) in [6.45, 7) is 4.28. The molecule has 2 heterocycles. The quantitative estimate of drug-likeness (QED) is 0.751. The summed E-state index contributed by atoms with van der Waals surface area (Å²) in [6, 6.07) is 11.3. The minimum atomic E-state index is -0.431. The number of rotatable bonds is 3. The van der Waals surface area contributed by atoms with Gasteiger partial charge < -0.3 is 14.5 Å². The van der Waals surface area contributed by atoms with Gasteiger partial charge in [0.2, 0.25) is 0 Å². The van der Waals surface area contributed by atoms with Crippen LogP contribution in [-0.2, 0) is 4.74 Å². The van der Waals surface area contributed by atoms with Crippen LogP contribution in [0.15, 0.2) is 42.5 Å². The molecule has 29 heavy (non-hydrogen) atoms. The Bertz CT molecular complexity index is 856.